The highest BCUT2D eigenvalue weighted by Crippen LogP contribution is 2.26. The molecule has 0 saturated heterocycles. The Morgan fingerprint density at radius 2 is 1.06 bits per heavy atom. The van der Waals surface area contributed by atoms with E-state index in [4.69, 9.17) is 37.4 Å². The average molecular weight is 922 g/mol. The van der Waals surface area contributed by atoms with Gasteiger partial charge in [0.2, 0.25) is 0 Å². The Hall–Kier alpha value is -6.78. The minimum absolute atomic E-state index is 0.00102. The van der Waals surface area contributed by atoms with Gasteiger partial charge in [0.15, 0.2) is 0 Å². The van der Waals surface area contributed by atoms with Crippen LogP contribution in [0.3, 0.4) is 0 Å². The van der Waals surface area contributed by atoms with Crippen molar-refractivity contribution in [2.24, 2.45) is 0 Å². The third-order valence-electron chi connectivity index (χ3n) is 8.90. The zero-order valence-corrected chi connectivity index (χ0v) is 37.2. The summed E-state index contributed by atoms with van der Waals surface area (Å²) in [6.07, 6.45) is 1.64. The largest absolute Gasteiger partial charge is 0.477 e. The van der Waals surface area contributed by atoms with Crippen LogP contribution in [-0.2, 0) is 27.1 Å². The second-order valence-corrected chi connectivity index (χ2v) is 17.0. The highest BCUT2D eigenvalue weighted by Gasteiger charge is 2.23. The maximum atomic E-state index is 14.4. The van der Waals surface area contributed by atoms with E-state index in [0.717, 1.165) is 10.5 Å². The SMILES string of the molecule is CC(C)(C)OC(=O)Nc1cc(C(=O)O)c(=O)n2cc(Cc3cccc(Cl)c3F)ccc12.CCOC(=O)c1cc(NC(=O)OC(C)(C)C)c2ccc(Cc3cccc(Cl)c3F)cn2c1=O. The van der Waals surface area contributed by atoms with Gasteiger partial charge < -0.3 is 19.3 Å². The van der Waals surface area contributed by atoms with Gasteiger partial charge in [0, 0.05) is 25.2 Å². The molecule has 0 aliphatic carbocycles. The molecule has 3 N–H and O–H groups in total. The predicted octanol–water partition coefficient (Wildman–Crippen LogP) is 9.93. The van der Waals surface area contributed by atoms with Crippen LogP contribution in [0.15, 0.2) is 94.8 Å². The summed E-state index contributed by atoms with van der Waals surface area (Å²) in [6.45, 7) is 11.9. The molecule has 14 nitrogen and oxygen atoms in total. The molecule has 0 aliphatic heterocycles. The number of fused-ring (bicyclic) bond motifs is 2. The number of esters is 1. The van der Waals surface area contributed by atoms with Crippen molar-refractivity contribution < 1.29 is 47.3 Å². The lowest BCUT2D eigenvalue weighted by atomic mass is 10.1. The fourth-order valence-corrected chi connectivity index (χ4v) is 6.63. The van der Waals surface area contributed by atoms with Crippen LogP contribution in [0.1, 0.15) is 91.4 Å². The van der Waals surface area contributed by atoms with Crippen LogP contribution in [0.4, 0.5) is 29.7 Å². The van der Waals surface area contributed by atoms with Crippen LogP contribution in [0.2, 0.25) is 10.0 Å². The Bertz CT molecular complexity index is 2920. The molecule has 0 aliphatic rings. The second-order valence-electron chi connectivity index (χ2n) is 16.2. The number of carbonyl (C=O) groups excluding carboxylic acids is 3. The lowest BCUT2D eigenvalue weighted by Crippen LogP contribution is -2.29. The van der Waals surface area contributed by atoms with Crippen LogP contribution in [0.5, 0.6) is 0 Å². The van der Waals surface area contributed by atoms with Gasteiger partial charge in [-0.2, -0.15) is 0 Å². The minimum atomic E-state index is -1.45. The maximum absolute atomic E-state index is 14.4. The van der Waals surface area contributed by atoms with Crippen LogP contribution in [-0.4, -0.2) is 55.8 Å². The van der Waals surface area contributed by atoms with Crippen LogP contribution < -0.4 is 21.8 Å². The van der Waals surface area contributed by atoms with E-state index in [0.29, 0.717) is 27.8 Å². The Labute approximate surface area is 375 Å². The molecule has 64 heavy (non-hydrogen) atoms. The number of anilines is 2. The van der Waals surface area contributed by atoms with E-state index in [9.17, 15) is 42.7 Å². The number of pyridine rings is 4. The number of carboxylic acids is 1. The fraction of sp³-hybridized carbons (Fsp3) is 0.261. The molecule has 2 aromatic carbocycles. The molecule has 336 valence electrons. The number of nitrogens with zero attached hydrogens (tertiary/aromatic N) is 2. The number of nitrogens with one attached hydrogen (secondary N) is 2. The summed E-state index contributed by atoms with van der Waals surface area (Å²) in [6, 6.07) is 18.1. The standard InChI is InChI=1S/C24H24ClFN2O5.C22H20ClFN2O5/c1-5-32-22(30)16-12-18(27-23(31)33-24(2,3)4)19-10-9-14(13-28(19)21(16)29)11-15-7-6-8-17(25)20(15)26;1-22(2,3)31-21(30)25-16-10-14(20(28)29)19(27)26-11-12(7-8-17(16)26)9-13-5-4-6-15(23)18(13)24/h6-10,12-13H,5,11H2,1-4H3,(H,27,31);4-8,10-11H,9H2,1-3H3,(H,25,30)(H,28,29). The number of aromatic nitrogens is 2. The minimum Gasteiger partial charge on any atom is -0.477 e. The lowest BCUT2D eigenvalue weighted by Gasteiger charge is -2.20. The van der Waals surface area contributed by atoms with Crippen molar-refractivity contribution in [1.29, 1.82) is 0 Å². The zero-order valence-electron chi connectivity index (χ0n) is 35.7. The topological polar surface area (TPSA) is 183 Å². The summed E-state index contributed by atoms with van der Waals surface area (Å²) < 4.78 is 46.4. The van der Waals surface area contributed by atoms with Crippen molar-refractivity contribution in [2.75, 3.05) is 17.2 Å². The highest BCUT2D eigenvalue weighted by molar-refractivity contribution is 6.31. The van der Waals surface area contributed by atoms with Crippen molar-refractivity contribution >= 4 is 69.7 Å². The molecule has 0 unspecified atom stereocenters. The maximum Gasteiger partial charge on any atom is 0.412 e. The van der Waals surface area contributed by atoms with E-state index >= 15 is 0 Å². The molecule has 4 heterocycles. The molecule has 0 atom stereocenters. The Morgan fingerprint density at radius 3 is 1.45 bits per heavy atom. The molecule has 6 aromatic rings. The number of benzene rings is 2. The lowest BCUT2D eigenvalue weighted by molar-refractivity contribution is 0.0521. The van der Waals surface area contributed by atoms with Gasteiger partial charge in [-0.05, 0) is 107 Å². The molecule has 0 bridgehead atoms. The monoisotopic (exact) mass is 920 g/mol. The molecule has 4 aromatic heterocycles. The molecular formula is C46H44Cl2F2N4O10. The Kier molecular flexibility index (Phi) is 14.9. The molecule has 0 fully saturated rings. The Morgan fingerprint density at radius 1 is 0.656 bits per heavy atom. The van der Waals surface area contributed by atoms with Crippen LogP contribution >= 0.6 is 23.2 Å². The number of hydrogen-bond acceptors (Lipinski definition) is 9. The molecule has 18 heteroatoms. The summed E-state index contributed by atoms with van der Waals surface area (Å²) in [4.78, 5) is 74.3. The van der Waals surface area contributed by atoms with Crippen LogP contribution in [0.25, 0.3) is 11.0 Å². The van der Waals surface area contributed by atoms with Gasteiger partial charge in [0.05, 0.1) is 39.1 Å². The predicted molar refractivity (Wildman–Crippen MR) is 238 cm³/mol. The molecule has 0 saturated carbocycles. The van der Waals surface area contributed by atoms with Crippen molar-refractivity contribution in [1.82, 2.24) is 8.80 Å². The number of ether oxygens (including phenoxy) is 3. The van der Waals surface area contributed by atoms with Gasteiger partial charge >= 0.3 is 24.1 Å². The van der Waals surface area contributed by atoms with Gasteiger partial charge in [-0.15, -0.1) is 0 Å². The molecule has 0 spiro atoms. The van der Waals surface area contributed by atoms with Gasteiger partial charge in [-0.25, -0.2) is 28.0 Å². The highest BCUT2D eigenvalue weighted by atomic mass is 35.5. The fourth-order valence-electron chi connectivity index (χ4n) is 6.24. The number of carboxylic acid groups (broad SMARTS) is 1. The van der Waals surface area contributed by atoms with E-state index in [1.54, 1.807) is 90.9 Å². The number of hydrogen-bond donors (Lipinski definition) is 3. The smallest absolute Gasteiger partial charge is 0.412 e. The normalized spacial score (nSPS) is 11.4. The third kappa shape index (κ3) is 12.0. The van der Waals surface area contributed by atoms with Crippen LogP contribution in [0, 0.1) is 11.6 Å². The first-order valence-corrected chi connectivity index (χ1v) is 20.3. The first-order valence-electron chi connectivity index (χ1n) is 19.6. The summed E-state index contributed by atoms with van der Waals surface area (Å²) >= 11 is 11.7. The number of halogens is 4. The molecule has 0 radical (unpaired) electrons. The number of aromatic carboxylic acids is 1. The third-order valence-corrected chi connectivity index (χ3v) is 9.48. The first-order chi connectivity index (χ1) is 30.0. The summed E-state index contributed by atoms with van der Waals surface area (Å²) in [5.74, 6) is -3.38. The van der Waals surface area contributed by atoms with Crippen molar-refractivity contribution in [3.63, 3.8) is 0 Å². The van der Waals surface area contributed by atoms with Gasteiger partial charge in [0.1, 0.15) is 34.0 Å². The summed E-state index contributed by atoms with van der Waals surface area (Å²) in [7, 11) is 0. The van der Waals surface area contributed by atoms with E-state index in [1.807, 2.05) is 0 Å². The summed E-state index contributed by atoms with van der Waals surface area (Å²) in [5.41, 5.74) is -1.05. The van der Waals surface area contributed by atoms with Crippen molar-refractivity contribution in [3.05, 3.63) is 161 Å². The van der Waals surface area contributed by atoms with E-state index in [1.165, 1.54) is 41.1 Å². The molecule has 2 amide bonds. The van der Waals surface area contributed by atoms with Gasteiger partial charge in [-0.3, -0.25) is 29.0 Å². The van der Waals surface area contributed by atoms with E-state index in [2.05, 4.69) is 10.6 Å². The van der Waals surface area contributed by atoms with Crippen molar-refractivity contribution in [2.45, 2.75) is 72.5 Å². The van der Waals surface area contributed by atoms with Gasteiger partial charge in [-0.1, -0.05) is 59.6 Å². The summed E-state index contributed by atoms with van der Waals surface area (Å²) in [5, 5.41) is 14.5. The second kappa shape index (κ2) is 19.7. The number of rotatable bonds is 9. The quantitative estimate of drug-likeness (QED) is 0.0932. The molecule has 6 rings (SSSR count). The Balaban J connectivity index is 0.000000241. The van der Waals surface area contributed by atoms with Gasteiger partial charge in [0.25, 0.3) is 11.1 Å². The van der Waals surface area contributed by atoms with Crippen molar-refractivity contribution in [3.8, 4) is 0 Å². The zero-order chi connectivity index (χ0) is 47.3. The first kappa shape index (κ1) is 48.3. The van der Waals surface area contributed by atoms with E-state index in [-0.39, 0.29) is 51.9 Å². The molecular weight excluding hydrogens is 877 g/mol. The average Bonchev–Trinajstić information content (AvgIpc) is 3.19. The number of amides is 2. The van der Waals surface area contributed by atoms with E-state index < -0.39 is 63.6 Å². The number of carbonyl (C=O) groups is 4.